The molecule has 1 unspecified atom stereocenters. The van der Waals surface area contributed by atoms with Crippen LogP contribution in [0, 0.1) is 0 Å². The number of benzene rings is 1. The fourth-order valence-electron chi connectivity index (χ4n) is 3.02. The molecule has 1 amide bonds. The summed E-state index contributed by atoms with van der Waals surface area (Å²) in [4.78, 5) is 12.6. The minimum atomic E-state index is -3.04. The summed E-state index contributed by atoms with van der Waals surface area (Å²) in [7, 11) is -1.43. The van der Waals surface area contributed by atoms with Gasteiger partial charge in [-0.1, -0.05) is 11.6 Å². The van der Waals surface area contributed by atoms with E-state index in [1.807, 2.05) is 10.6 Å². The summed E-state index contributed by atoms with van der Waals surface area (Å²) in [5, 5.41) is 4.29. The Labute approximate surface area is 145 Å². The van der Waals surface area contributed by atoms with E-state index >= 15 is 0 Å². The maximum absolute atomic E-state index is 12.6. The molecule has 3 rings (SSSR count). The predicted octanol–water partition coefficient (Wildman–Crippen LogP) is 1.86. The Kier molecular flexibility index (Phi) is 4.85. The van der Waals surface area contributed by atoms with Crippen molar-refractivity contribution in [3.63, 3.8) is 0 Å². The number of ether oxygens (including phenoxy) is 1. The van der Waals surface area contributed by atoms with Gasteiger partial charge >= 0.3 is 0 Å². The first-order valence-electron chi connectivity index (χ1n) is 7.68. The molecule has 0 aliphatic carbocycles. The van der Waals surface area contributed by atoms with E-state index < -0.39 is 9.84 Å². The Morgan fingerprint density at radius 2 is 2.21 bits per heavy atom. The number of fused-ring (bicyclic) bond motifs is 1. The smallest absolute Gasteiger partial charge is 0.268 e. The average molecular weight is 371 g/mol. The molecule has 6 nitrogen and oxygen atoms in total. The number of hydrogen-bond donors (Lipinski definition) is 1. The van der Waals surface area contributed by atoms with E-state index in [4.69, 9.17) is 16.3 Å². The van der Waals surface area contributed by atoms with Gasteiger partial charge in [-0.3, -0.25) is 4.79 Å². The third-order valence-corrected chi connectivity index (χ3v) is 6.19. The maximum Gasteiger partial charge on any atom is 0.268 e. The molecule has 130 valence electrons. The van der Waals surface area contributed by atoms with E-state index in [-0.39, 0.29) is 23.5 Å². The van der Waals surface area contributed by atoms with Crippen LogP contribution in [-0.4, -0.2) is 50.2 Å². The van der Waals surface area contributed by atoms with Gasteiger partial charge in [-0.15, -0.1) is 0 Å². The minimum absolute atomic E-state index is 0.00284. The molecule has 1 fully saturated rings. The van der Waals surface area contributed by atoms with E-state index in [0.29, 0.717) is 30.3 Å². The highest BCUT2D eigenvalue weighted by Gasteiger charge is 2.30. The molecule has 2 heterocycles. The van der Waals surface area contributed by atoms with Crippen molar-refractivity contribution in [2.75, 3.05) is 25.2 Å². The van der Waals surface area contributed by atoms with Crippen LogP contribution in [0.3, 0.4) is 0 Å². The largest absolute Gasteiger partial charge is 0.383 e. The highest BCUT2D eigenvalue weighted by Crippen LogP contribution is 2.24. The summed E-state index contributed by atoms with van der Waals surface area (Å²) < 4.78 is 30.1. The van der Waals surface area contributed by atoms with Crippen molar-refractivity contribution < 1.29 is 17.9 Å². The van der Waals surface area contributed by atoms with Gasteiger partial charge in [0.05, 0.1) is 18.1 Å². The normalized spacial score (nSPS) is 19.7. The molecular formula is C16H19ClN2O4S. The van der Waals surface area contributed by atoms with Crippen LogP contribution in [0.2, 0.25) is 5.02 Å². The number of amides is 1. The summed E-state index contributed by atoms with van der Waals surface area (Å²) in [6.07, 6.45) is 0.457. The highest BCUT2D eigenvalue weighted by molar-refractivity contribution is 7.91. The van der Waals surface area contributed by atoms with Crippen LogP contribution in [0.15, 0.2) is 24.3 Å². The number of nitrogens with one attached hydrogen (secondary N) is 1. The fourth-order valence-corrected chi connectivity index (χ4v) is 4.88. The maximum atomic E-state index is 12.6. The van der Waals surface area contributed by atoms with Gasteiger partial charge < -0.3 is 14.6 Å². The van der Waals surface area contributed by atoms with Gasteiger partial charge in [0.1, 0.15) is 5.69 Å². The Bertz CT molecular complexity index is 876. The van der Waals surface area contributed by atoms with Gasteiger partial charge in [0.25, 0.3) is 5.91 Å². The van der Waals surface area contributed by atoms with E-state index in [2.05, 4.69) is 5.32 Å². The first-order chi connectivity index (χ1) is 11.4. The molecule has 1 N–H and O–H groups in total. The van der Waals surface area contributed by atoms with Crippen LogP contribution in [-0.2, 0) is 21.1 Å². The second kappa shape index (κ2) is 6.74. The first kappa shape index (κ1) is 17.3. The molecular weight excluding hydrogens is 352 g/mol. The topological polar surface area (TPSA) is 77.4 Å². The molecule has 2 aromatic rings. The number of methoxy groups -OCH3 is 1. The van der Waals surface area contributed by atoms with E-state index in [1.54, 1.807) is 25.3 Å². The fraction of sp³-hybridized carbons (Fsp3) is 0.438. The van der Waals surface area contributed by atoms with E-state index in [0.717, 1.165) is 10.9 Å². The standard InChI is InChI=1S/C16H19ClN2O4S/c1-23-6-5-19-14-3-2-12(17)8-11(14)9-15(19)16(20)18-13-4-7-24(21,22)10-13/h2-3,8-9,13H,4-7,10H2,1H3,(H,18,20). The molecule has 24 heavy (non-hydrogen) atoms. The van der Waals surface area contributed by atoms with Gasteiger partial charge in [0, 0.05) is 35.6 Å². The third-order valence-electron chi connectivity index (χ3n) is 4.18. The Hall–Kier alpha value is -1.57. The Balaban J connectivity index is 1.90. The molecule has 8 heteroatoms. The van der Waals surface area contributed by atoms with Gasteiger partial charge in [-0.05, 0) is 30.7 Å². The Morgan fingerprint density at radius 1 is 1.42 bits per heavy atom. The average Bonchev–Trinajstić information content (AvgIpc) is 3.04. The lowest BCUT2D eigenvalue weighted by Crippen LogP contribution is -2.36. The quantitative estimate of drug-likeness (QED) is 0.871. The third kappa shape index (κ3) is 3.58. The van der Waals surface area contributed by atoms with Crippen molar-refractivity contribution in [3.8, 4) is 0 Å². The minimum Gasteiger partial charge on any atom is -0.383 e. The molecule has 0 saturated carbocycles. The second-order valence-electron chi connectivity index (χ2n) is 5.95. The van der Waals surface area contributed by atoms with Crippen LogP contribution in [0.25, 0.3) is 10.9 Å². The number of hydrogen-bond acceptors (Lipinski definition) is 4. The van der Waals surface area contributed by atoms with Crippen molar-refractivity contribution in [1.82, 2.24) is 9.88 Å². The number of carbonyl (C=O) groups excluding carboxylic acids is 1. The molecule has 0 spiro atoms. The molecule has 1 saturated heterocycles. The molecule has 1 atom stereocenters. The summed E-state index contributed by atoms with van der Waals surface area (Å²) in [6.45, 7) is 0.984. The zero-order chi connectivity index (χ0) is 17.3. The number of sulfone groups is 1. The SMILES string of the molecule is COCCn1c(C(=O)NC2CCS(=O)(=O)C2)cc2cc(Cl)ccc21. The molecule has 1 aromatic heterocycles. The number of carbonyl (C=O) groups is 1. The Morgan fingerprint density at radius 3 is 2.88 bits per heavy atom. The molecule has 1 aromatic carbocycles. The van der Waals surface area contributed by atoms with Gasteiger partial charge in [-0.2, -0.15) is 0 Å². The van der Waals surface area contributed by atoms with Crippen molar-refractivity contribution in [3.05, 3.63) is 35.0 Å². The van der Waals surface area contributed by atoms with Gasteiger partial charge in [-0.25, -0.2) is 8.42 Å². The molecule has 0 radical (unpaired) electrons. The summed E-state index contributed by atoms with van der Waals surface area (Å²) in [6, 6.07) is 6.88. The van der Waals surface area contributed by atoms with Crippen molar-refractivity contribution in [2.24, 2.45) is 0 Å². The van der Waals surface area contributed by atoms with Crippen molar-refractivity contribution in [1.29, 1.82) is 0 Å². The van der Waals surface area contributed by atoms with Gasteiger partial charge in [0.15, 0.2) is 9.84 Å². The van der Waals surface area contributed by atoms with Crippen LogP contribution in [0.5, 0.6) is 0 Å². The zero-order valence-electron chi connectivity index (χ0n) is 13.3. The lowest BCUT2D eigenvalue weighted by Gasteiger charge is -2.13. The lowest BCUT2D eigenvalue weighted by atomic mass is 10.2. The predicted molar refractivity (Wildman–Crippen MR) is 93.3 cm³/mol. The van der Waals surface area contributed by atoms with E-state index in [9.17, 15) is 13.2 Å². The second-order valence-corrected chi connectivity index (χ2v) is 8.62. The summed E-state index contributed by atoms with van der Waals surface area (Å²) in [5.41, 5.74) is 1.37. The summed E-state index contributed by atoms with van der Waals surface area (Å²) in [5.74, 6) is -0.149. The van der Waals surface area contributed by atoms with Gasteiger partial charge in [0.2, 0.25) is 0 Å². The number of nitrogens with zero attached hydrogens (tertiary/aromatic N) is 1. The molecule has 1 aliphatic heterocycles. The monoisotopic (exact) mass is 370 g/mol. The van der Waals surface area contributed by atoms with Crippen LogP contribution in [0.1, 0.15) is 16.9 Å². The van der Waals surface area contributed by atoms with Crippen molar-refractivity contribution in [2.45, 2.75) is 19.0 Å². The van der Waals surface area contributed by atoms with Crippen LogP contribution < -0.4 is 5.32 Å². The highest BCUT2D eigenvalue weighted by atomic mass is 35.5. The van der Waals surface area contributed by atoms with Crippen LogP contribution in [0.4, 0.5) is 0 Å². The number of aromatic nitrogens is 1. The lowest BCUT2D eigenvalue weighted by molar-refractivity contribution is 0.0929. The molecule has 0 bridgehead atoms. The molecule has 1 aliphatic rings. The number of halogens is 1. The van der Waals surface area contributed by atoms with Crippen LogP contribution >= 0.6 is 11.6 Å². The van der Waals surface area contributed by atoms with E-state index in [1.165, 1.54) is 0 Å². The summed E-state index contributed by atoms with van der Waals surface area (Å²) >= 11 is 6.03. The number of rotatable bonds is 5. The zero-order valence-corrected chi connectivity index (χ0v) is 14.9. The first-order valence-corrected chi connectivity index (χ1v) is 9.88. The van der Waals surface area contributed by atoms with Crippen molar-refractivity contribution >= 4 is 38.2 Å².